The van der Waals surface area contributed by atoms with E-state index in [0.717, 1.165) is 25.9 Å². The van der Waals surface area contributed by atoms with Crippen molar-refractivity contribution in [2.75, 3.05) is 12.4 Å². The average molecular weight is 333 g/mol. The topological polar surface area (TPSA) is 80.7 Å². The number of carboxylic acid groups (broad SMARTS) is 1. The SMILES string of the molecule is O=C(O)c1ccc(S(=O)(=O)CCCC2CCCO2)cc1Cl. The summed E-state index contributed by atoms with van der Waals surface area (Å²) in [6, 6.07) is 3.71. The minimum atomic E-state index is -3.45. The van der Waals surface area contributed by atoms with Crippen LogP contribution in [0.4, 0.5) is 0 Å². The van der Waals surface area contributed by atoms with Crippen molar-refractivity contribution in [3.63, 3.8) is 0 Å². The number of hydrogen-bond acceptors (Lipinski definition) is 4. The average Bonchev–Trinajstić information content (AvgIpc) is 2.91. The molecule has 2 rings (SSSR count). The van der Waals surface area contributed by atoms with Crippen LogP contribution in [0, 0.1) is 0 Å². The lowest BCUT2D eigenvalue weighted by Crippen LogP contribution is -2.11. The number of aromatic carboxylic acids is 1. The van der Waals surface area contributed by atoms with Crippen molar-refractivity contribution >= 4 is 27.4 Å². The molecule has 21 heavy (non-hydrogen) atoms. The highest BCUT2D eigenvalue weighted by molar-refractivity contribution is 7.91. The molecule has 1 aromatic carbocycles. The molecule has 1 unspecified atom stereocenters. The molecule has 0 spiro atoms. The zero-order valence-corrected chi connectivity index (χ0v) is 13.0. The lowest BCUT2D eigenvalue weighted by Gasteiger charge is -2.10. The molecule has 1 heterocycles. The lowest BCUT2D eigenvalue weighted by atomic mass is 10.1. The zero-order chi connectivity index (χ0) is 15.5. The van der Waals surface area contributed by atoms with E-state index in [1.807, 2.05) is 0 Å². The molecule has 0 aromatic heterocycles. The van der Waals surface area contributed by atoms with Crippen LogP contribution in [0.3, 0.4) is 0 Å². The zero-order valence-electron chi connectivity index (χ0n) is 11.4. The van der Waals surface area contributed by atoms with Crippen LogP contribution < -0.4 is 0 Å². The maximum atomic E-state index is 12.2. The Morgan fingerprint density at radius 3 is 2.76 bits per heavy atom. The standard InChI is InChI=1S/C14H17ClO5S/c15-13-9-11(5-6-12(13)14(16)17)21(18,19)8-2-4-10-3-1-7-20-10/h5-6,9-10H,1-4,7-8H2,(H,16,17). The van der Waals surface area contributed by atoms with Gasteiger partial charge >= 0.3 is 5.97 Å². The van der Waals surface area contributed by atoms with Gasteiger partial charge in [0.05, 0.1) is 27.3 Å². The van der Waals surface area contributed by atoms with E-state index in [9.17, 15) is 13.2 Å². The van der Waals surface area contributed by atoms with Crippen LogP contribution in [0.5, 0.6) is 0 Å². The fourth-order valence-electron chi connectivity index (χ4n) is 2.35. The number of halogens is 1. The second-order valence-corrected chi connectivity index (χ2v) is 7.56. The largest absolute Gasteiger partial charge is 0.478 e. The van der Waals surface area contributed by atoms with Crippen molar-refractivity contribution in [1.29, 1.82) is 0 Å². The molecule has 7 heteroatoms. The Morgan fingerprint density at radius 2 is 2.19 bits per heavy atom. The van der Waals surface area contributed by atoms with Gasteiger partial charge in [0.1, 0.15) is 0 Å². The van der Waals surface area contributed by atoms with Crippen LogP contribution in [0.2, 0.25) is 5.02 Å². The van der Waals surface area contributed by atoms with Crippen molar-refractivity contribution < 1.29 is 23.1 Å². The third-order valence-corrected chi connectivity index (χ3v) is 5.60. The van der Waals surface area contributed by atoms with Gasteiger partial charge in [-0.15, -0.1) is 0 Å². The maximum Gasteiger partial charge on any atom is 0.337 e. The van der Waals surface area contributed by atoms with Crippen LogP contribution in [-0.2, 0) is 14.6 Å². The smallest absolute Gasteiger partial charge is 0.337 e. The van der Waals surface area contributed by atoms with Gasteiger partial charge in [0, 0.05) is 6.61 Å². The van der Waals surface area contributed by atoms with E-state index in [0.29, 0.717) is 6.42 Å². The molecule has 0 aliphatic carbocycles. The van der Waals surface area contributed by atoms with Crippen LogP contribution in [-0.4, -0.2) is 38.0 Å². The maximum absolute atomic E-state index is 12.2. The van der Waals surface area contributed by atoms with Crippen molar-refractivity contribution in [3.05, 3.63) is 28.8 Å². The first-order valence-corrected chi connectivity index (χ1v) is 8.80. The molecule has 1 atom stereocenters. The molecule has 1 aliphatic heterocycles. The molecule has 0 saturated carbocycles. The van der Waals surface area contributed by atoms with E-state index in [-0.39, 0.29) is 27.3 Å². The van der Waals surface area contributed by atoms with E-state index < -0.39 is 15.8 Å². The third kappa shape index (κ3) is 4.18. The number of carboxylic acids is 1. The van der Waals surface area contributed by atoms with Crippen molar-refractivity contribution in [2.45, 2.75) is 36.7 Å². The summed E-state index contributed by atoms with van der Waals surface area (Å²) in [5, 5.41) is 8.81. The molecule has 1 aromatic rings. The summed E-state index contributed by atoms with van der Waals surface area (Å²) in [6.45, 7) is 0.754. The minimum absolute atomic E-state index is 0.00953. The predicted octanol–water partition coefficient (Wildman–Crippen LogP) is 2.77. The van der Waals surface area contributed by atoms with Crippen molar-refractivity contribution in [1.82, 2.24) is 0 Å². The third-order valence-electron chi connectivity index (χ3n) is 3.49. The number of benzene rings is 1. The number of carbonyl (C=O) groups is 1. The Morgan fingerprint density at radius 1 is 1.43 bits per heavy atom. The van der Waals surface area contributed by atoms with E-state index in [2.05, 4.69) is 0 Å². The molecule has 0 radical (unpaired) electrons. The lowest BCUT2D eigenvalue weighted by molar-refractivity contribution is 0.0697. The highest BCUT2D eigenvalue weighted by atomic mass is 35.5. The van der Waals surface area contributed by atoms with Crippen molar-refractivity contribution in [3.8, 4) is 0 Å². The van der Waals surface area contributed by atoms with Crippen LogP contribution in [0.1, 0.15) is 36.0 Å². The molecule has 116 valence electrons. The summed E-state index contributed by atoms with van der Waals surface area (Å²) in [5.74, 6) is -1.17. The summed E-state index contributed by atoms with van der Waals surface area (Å²) in [5.41, 5.74) is -0.102. The van der Waals surface area contributed by atoms with Crippen LogP contribution in [0.15, 0.2) is 23.1 Å². The van der Waals surface area contributed by atoms with Crippen LogP contribution in [0.25, 0.3) is 0 Å². The Labute approximate surface area is 128 Å². The van der Waals surface area contributed by atoms with Gasteiger partial charge in [0.2, 0.25) is 0 Å². The van der Waals surface area contributed by atoms with E-state index in [1.165, 1.54) is 18.2 Å². The second-order valence-electron chi connectivity index (χ2n) is 5.04. The molecular formula is C14H17ClO5S. The first-order chi connectivity index (χ1) is 9.90. The normalized spacial score (nSPS) is 18.8. The summed E-state index contributed by atoms with van der Waals surface area (Å²) >= 11 is 5.80. The fourth-order valence-corrected chi connectivity index (χ4v) is 4.03. The fraction of sp³-hybridized carbons (Fsp3) is 0.500. The summed E-state index contributed by atoms with van der Waals surface area (Å²) in [4.78, 5) is 10.9. The van der Waals surface area contributed by atoms with Gasteiger partial charge in [0.25, 0.3) is 0 Å². The second kappa shape index (κ2) is 6.77. The van der Waals surface area contributed by atoms with Crippen molar-refractivity contribution in [2.24, 2.45) is 0 Å². The van der Waals surface area contributed by atoms with Gasteiger partial charge in [-0.1, -0.05) is 11.6 Å². The number of ether oxygens (including phenoxy) is 1. The number of sulfone groups is 1. The highest BCUT2D eigenvalue weighted by Crippen LogP contribution is 2.23. The first kappa shape index (κ1) is 16.3. The molecule has 1 aliphatic rings. The summed E-state index contributed by atoms with van der Waals surface area (Å²) < 4.78 is 29.8. The van der Waals surface area contributed by atoms with E-state index in [4.69, 9.17) is 21.4 Å². The van der Waals surface area contributed by atoms with E-state index >= 15 is 0 Å². The summed E-state index contributed by atoms with van der Waals surface area (Å²) in [7, 11) is -3.45. The quantitative estimate of drug-likeness (QED) is 0.866. The predicted molar refractivity (Wildman–Crippen MR) is 78.7 cm³/mol. The van der Waals surface area contributed by atoms with E-state index in [1.54, 1.807) is 0 Å². The molecule has 0 amide bonds. The van der Waals surface area contributed by atoms with Gasteiger partial charge in [-0.2, -0.15) is 0 Å². The number of rotatable bonds is 6. The van der Waals surface area contributed by atoms with Gasteiger partial charge in [-0.3, -0.25) is 0 Å². The van der Waals surface area contributed by atoms with Gasteiger partial charge in [-0.05, 0) is 43.9 Å². The Kier molecular flexibility index (Phi) is 5.24. The molecule has 1 saturated heterocycles. The Bertz CT molecular complexity index is 620. The molecule has 1 N–H and O–H groups in total. The minimum Gasteiger partial charge on any atom is -0.478 e. The number of hydrogen-bond donors (Lipinski definition) is 1. The Balaban J connectivity index is 2.01. The van der Waals surface area contributed by atoms with Gasteiger partial charge in [-0.25, -0.2) is 13.2 Å². The van der Waals surface area contributed by atoms with Gasteiger partial charge < -0.3 is 9.84 Å². The van der Waals surface area contributed by atoms with Crippen LogP contribution >= 0.6 is 11.6 Å². The Hall–Kier alpha value is -1.11. The molecule has 1 fully saturated rings. The molecule has 5 nitrogen and oxygen atoms in total. The highest BCUT2D eigenvalue weighted by Gasteiger charge is 2.20. The molecule has 0 bridgehead atoms. The summed E-state index contributed by atoms with van der Waals surface area (Å²) in [6.07, 6.45) is 3.42. The van der Waals surface area contributed by atoms with Gasteiger partial charge in [0.15, 0.2) is 9.84 Å². The monoisotopic (exact) mass is 332 g/mol. The first-order valence-electron chi connectivity index (χ1n) is 6.77. The molecular weight excluding hydrogens is 316 g/mol.